The van der Waals surface area contributed by atoms with Crippen LogP contribution in [0.3, 0.4) is 0 Å². The maximum atomic E-state index is 12.6. The van der Waals surface area contributed by atoms with Gasteiger partial charge in [-0.2, -0.15) is 0 Å². The highest BCUT2D eigenvalue weighted by Crippen LogP contribution is 2.35. The Bertz CT molecular complexity index is 604. The summed E-state index contributed by atoms with van der Waals surface area (Å²) in [6.45, 7) is 0. The molecule has 1 aromatic carbocycles. The third-order valence-corrected chi connectivity index (χ3v) is 6.96. The number of Topliss-reactive ketones (excluding diaryl/α,β-unsaturated/α-hetero) is 1. The Kier molecular flexibility index (Phi) is 6.52. The van der Waals surface area contributed by atoms with Crippen molar-refractivity contribution in [3.05, 3.63) is 24.3 Å². The molecular formula is C19H25NOS2. The Morgan fingerprint density at radius 2 is 1.65 bits per heavy atom. The van der Waals surface area contributed by atoms with E-state index in [1.54, 1.807) is 23.1 Å². The highest BCUT2D eigenvalue weighted by molar-refractivity contribution is 8.02. The molecule has 4 heteroatoms. The smallest absolute Gasteiger partial charge is 0.151 e. The summed E-state index contributed by atoms with van der Waals surface area (Å²) >= 11 is 3.43. The van der Waals surface area contributed by atoms with Crippen LogP contribution in [0.1, 0.15) is 64.2 Å². The normalized spacial score (nSPS) is 21.7. The number of rotatable bonds is 2. The van der Waals surface area contributed by atoms with Gasteiger partial charge in [-0.1, -0.05) is 68.8 Å². The molecule has 1 heterocycles. The molecule has 1 aliphatic rings. The fourth-order valence-electron chi connectivity index (χ4n) is 3.16. The molecule has 3 rings (SSSR count). The predicted octanol–water partition coefficient (Wildman–Crippen LogP) is 6.24. The van der Waals surface area contributed by atoms with Gasteiger partial charge in [0.1, 0.15) is 5.78 Å². The first-order valence-electron chi connectivity index (χ1n) is 8.88. The third-order valence-electron chi connectivity index (χ3n) is 4.52. The van der Waals surface area contributed by atoms with E-state index in [-0.39, 0.29) is 5.25 Å². The number of para-hydroxylation sites is 1. The number of carbonyl (C=O) groups is 1. The molecular weight excluding hydrogens is 322 g/mol. The van der Waals surface area contributed by atoms with E-state index in [1.165, 1.54) is 49.6 Å². The monoisotopic (exact) mass is 347 g/mol. The first-order chi connectivity index (χ1) is 11.3. The largest absolute Gasteiger partial charge is 0.298 e. The number of aromatic nitrogens is 1. The minimum Gasteiger partial charge on any atom is -0.298 e. The second-order valence-corrected chi connectivity index (χ2v) is 8.87. The molecule has 0 spiro atoms. The summed E-state index contributed by atoms with van der Waals surface area (Å²) in [6, 6.07) is 8.24. The molecule has 1 aromatic heterocycles. The molecule has 0 radical (unpaired) electrons. The summed E-state index contributed by atoms with van der Waals surface area (Å²) in [6.07, 6.45) is 11.8. The van der Waals surface area contributed by atoms with Crippen molar-refractivity contribution in [2.24, 2.45) is 0 Å². The van der Waals surface area contributed by atoms with Gasteiger partial charge in [0.05, 0.1) is 15.5 Å². The number of hydrogen-bond donors (Lipinski definition) is 0. The van der Waals surface area contributed by atoms with Crippen LogP contribution in [-0.2, 0) is 4.79 Å². The molecule has 2 nitrogen and oxygen atoms in total. The van der Waals surface area contributed by atoms with Crippen LogP contribution in [0.15, 0.2) is 28.6 Å². The van der Waals surface area contributed by atoms with E-state index in [9.17, 15) is 4.79 Å². The standard InChI is InChI=1S/C19H25NOS2/c21-16-12-7-5-3-1-2-4-6-8-14-18(16)23-19-20-15-11-9-10-13-17(15)22-19/h9-11,13,18H,1-8,12,14H2. The number of carbonyl (C=O) groups excluding carboxylic acids is 1. The van der Waals surface area contributed by atoms with Gasteiger partial charge in [-0.15, -0.1) is 11.3 Å². The number of nitrogens with zero attached hydrogens (tertiary/aromatic N) is 1. The average Bonchev–Trinajstić information content (AvgIpc) is 2.96. The summed E-state index contributed by atoms with van der Waals surface area (Å²) in [4.78, 5) is 17.3. The summed E-state index contributed by atoms with van der Waals surface area (Å²) in [5.74, 6) is 0.440. The molecule has 0 aliphatic heterocycles. The molecule has 23 heavy (non-hydrogen) atoms. The number of thiazole rings is 1. The van der Waals surface area contributed by atoms with Crippen LogP contribution in [0.4, 0.5) is 0 Å². The quantitative estimate of drug-likeness (QED) is 0.644. The Morgan fingerprint density at radius 3 is 2.43 bits per heavy atom. The molecule has 1 saturated carbocycles. The molecule has 1 atom stereocenters. The molecule has 1 unspecified atom stereocenters. The molecule has 1 aliphatic carbocycles. The summed E-state index contributed by atoms with van der Waals surface area (Å²) in [5, 5.41) is 0.106. The second-order valence-electron chi connectivity index (χ2n) is 6.39. The molecule has 0 N–H and O–H groups in total. The lowest BCUT2D eigenvalue weighted by Crippen LogP contribution is -2.17. The van der Waals surface area contributed by atoms with Gasteiger partial charge in [0.25, 0.3) is 0 Å². The van der Waals surface area contributed by atoms with Crippen molar-refractivity contribution in [3.63, 3.8) is 0 Å². The fourth-order valence-corrected chi connectivity index (χ4v) is 5.59. The van der Waals surface area contributed by atoms with Crippen molar-refractivity contribution >= 4 is 39.1 Å². The Labute approximate surface area is 147 Å². The number of benzene rings is 1. The lowest BCUT2D eigenvalue weighted by Gasteiger charge is -2.15. The minimum absolute atomic E-state index is 0.106. The molecule has 2 aromatic rings. The first kappa shape index (κ1) is 17.0. The second kappa shape index (κ2) is 8.84. The van der Waals surface area contributed by atoms with E-state index in [2.05, 4.69) is 18.2 Å². The van der Waals surface area contributed by atoms with Gasteiger partial charge in [0.2, 0.25) is 0 Å². The highest BCUT2D eigenvalue weighted by Gasteiger charge is 2.21. The van der Waals surface area contributed by atoms with Crippen LogP contribution in [0.5, 0.6) is 0 Å². The minimum atomic E-state index is 0.106. The van der Waals surface area contributed by atoms with Gasteiger partial charge >= 0.3 is 0 Å². The van der Waals surface area contributed by atoms with Crippen molar-refractivity contribution in [3.8, 4) is 0 Å². The van der Waals surface area contributed by atoms with Crippen molar-refractivity contribution in [1.29, 1.82) is 0 Å². The molecule has 1 fully saturated rings. The van der Waals surface area contributed by atoms with Crippen LogP contribution in [-0.4, -0.2) is 16.0 Å². The van der Waals surface area contributed by atoms with Gasteiger partial charge in [-0.3, -0.25) is 4.79 Å². The van der Waals surface area contributed by atoms with E-state index in [1.807, 2.05) is 6.07 Å². The first-order valence-corrected chi connectivity index (χ1v) is 10.6. The van der Waals surface area contributed by atoms with Crippen LogP contribution in [0, 0.1) is 0 Å². The molecule has 124 valence electrons. The maximum Gasteiger partial charge on any atom is 0.151 e. The lowest BCUT2D eigenvalue weighted by molar-refractivity contribution is -0.118. The van der Waals surface area contributed by atoms with Gasteiger partial charge < -0.3 is 0 Å². The van der Waals surface area contributed by atoms with E-state index in [4.69, 9.17) is 4.98 Å². The summed E-state index contributed by atoms with van der Waals surface area (Å²) in [7, 11) is 0. The van der Waals surface area contributed by atoms with E-state index in [0.717, 1.165) is 29.1 Å². The number of thioether (sulfide) groups is 1. The Hall–Kier alpha value is -0.870. The topological polar surface area (TPSA) is 30.0 Å². The fraction of sp³-hybridized carbons (Fsp3) is 0.579. The highest BCUT2D eigenvalue weighted by atomic mass is 32.2. The Balaban J connectivity index is 1.67. The average molecular weight is 348 g/mol. The number of ketones is 1. The van der Waals surface area contributed by atoms with Crippen molar-refractivity contribution in [2.75, 3.05) is 0 Å². The maximum absolute atomic E-state index is 12.6. The van der Waals surface area contributed by atoms with Gasteiger partial charge in [0.15, 0.2) is 4.34 Å². The van der Waals surface area contributed by atoms with Crippen LogP contribution in [0.25, 0.3) is 10.2 Å². The lowest BCUT2D eigenvalue weighted by atomic mass is 10.0. The molecule has 0 bridgehead atoms. The predicted molar refractivity (Wildman–Crippen MR) is 100 cm³/mol. The zero-order valence-corrected chi connectivity index (χ0v) is 15.3. The van der Waals surface area contributed by atoms with E-state index < -0.39 is 0 Å². The van der Waals surface area contributed by atoms with Crippen molar-refractivity contribution in [2.45, 2.75) is 73.8 Å². The van der Waals surface area contributed by atoms with Crippen molar-refractivity contribution in [1.82, 2.24) is 4.98 Å². The van der Waals surface area contributed by atoms with Crippen LogP contribution in [0.2, 0.25) is 0 Å². The number of fused-ring (bicyclic) bond motifs is 1. The van der Waals surface area contributed by atoms with E-state index >= 15 is 0 Å². The zero-order valence-electron chi connectivity index (χ0n) is 13.6. The van der Waals surface area contributed by atoms with Gasteiger partial charge in [-0.05, 0) is 25.0 Å². The summed E-state index contributed by atoms with van der Waals surface area (Å²) < 4.78 is 2.27. The Morgan fingerprint density at radius 1 is 0.957 bits per heavy atom. The summed E-state index contributed by atoms with van der Waals surface area (Å²) in [5.41, 5.74) is 1.06. The van der Waals surface area contributed by atoms with Crippen LogP contribution < -0.4 is 0 Å². The van der Waals surface area contributed by atoms with E-state index in [0.29, 0.717) is 5.78 Å². The number of hydrogen-bond acceptors (Lipinski definition) is 4. The molecule has 0 amide bonds. The van der Waals surface area contributed by atoms with Gasteiger partial charge in [0, 0.05) is 6.42 Å². The molecule has 0 saturated heterocycles. The van der Waals surface area contributed by atoms with Crippen molar-refractivity contribution < 1.29 is 4.79 Å². The van der Waals surface area contributed by atoms with Crippen LogP contribution >= 0.6 is 23.1 Å². The SMILES string of the molecule is O=C1CCCCCCCCCCC1Sc1nc2ccccc2s1. The zero-order chi connectivity index (χ0) is 15.9. The van der Waals surface area contributed by atoms with Gasteiger partial charge in [-0.25, -0.2) is 4.98 Å². The third kappa shape index (κ3) is 5.05.